The van der Waals surface area contributed by atoms with Crippen molar-refractivity contribution >= 4 is 5.57 Å². The molecule has 0 saturated carbocycles. The summed E-state index contributed by atoms with van der Waals surface area (Å²) in [6.45, 7) is 7.24. The van der Waals surface area contributed by atoms with Crippen LogP contribution in [0.4, 0.5) is 0 Å². The molecule has 3 nitrogen and oxygen atoms in total. The highest BCUT2D eigenvalue weighted by molar-refractivity contribution is 5.63. The van der Waals surface area contributed by atoms with E-state index in [2.05, 4.69) is 37.0 Å². The average Bonchev–Trinajstić information content (AvgIpc) is 2.54. The molecular weight excluding hydrogens is 212 g/mol. The van der Waals surface area contributed by atoms with E-state index in [1.165, 1.54) is 11.1 Å². The lowest BCUT2D eigenvalue weighted by Crippen LogP contribution is -2.04. The van der Waals surface area contributed by atoms with Crippen LogP contribution in [0.1, 0.15) is 43.6 Å². The van der Waals surface area contributed by atoms with Crippen molar-refractivity contribution in [3.05, 3.63) is 29.3 Å². The third-order valence-electron chi connectivity index (χ3n) is 3.36. The molecule has 2 heterocycles. The van der Waals surface area contributed by atoms with Crippen LogP contribution in [0.25, 0.3) is 5.57 Å². The van der Waals surface area contributed by atoms with Gasteiger partial charge in [-0.15, -0.1) is 0 Å². The minimum absolute atomic E-state index is 0.499. The van der Waals surface area contributed by atoms with Crippen LogP contribution in [0.15, 0.2) is 12.3 Å². The molecule has 0 amide bonds. The Hall–Kier alpha value is -1.38. The van der Waals surface area contributed by atoms with E-state index < -0.39 is 0 Å². The van der Waals surface area contributed by atoms with Crippen LogP contribution in [0.5, 0.6) is 0 Å². The van der Waals surface area contributed by atoms with Crippen LogP contribution < -0.4 is 0 Å². The fourth-order valence-corrected chi connectivity index (χ4v) is 2.21. The van der Waals surface area contributed by atoms with Gasteiger partial charge in [0.05, 0.1) is 24.3 Å². The van der Waals surface area contributed by atoms with Crippen LogP contribution in [0.3, 0.4) is 0 Å². The smallest absolute Gasteiger partial charge is 0.0925 e. The molecule has 1 aromatic heterocycles. The molecule has 1 aromatic rings. The largest absolute Gasteiger partial charge is 0.501 e. The molecule has 0 spiro atoms. The van der Waals surface area contributed by atoms with Crippen molar-refractivity contribution in [1.82, 2.24) is 10.2 Å². The minimum atomic E-state index is 0.499. The van der Waals surface area contributed by atoms with Crippen molar-refractivity contribution < 1.29 is 4.74 Å². The monoisotopic (exact) mass is 232 g/mol. The Balaban J connectivity index is 2.32. The van der Waals surface area contributed by atoms with Crippen LogP contribution in [-0.4, -0.2) is 16.8 Å². The summed E-state index contributed by atoms with van der Waals surface area (Å²) in [5.74, 6) is 0.499. The molecule has 1 aliphatic heterocycles. The molecule has 2 rings (SSSR count). The van der Waals surface area contributed by atoms with Gasteiger partial charge >= 0.3 is 0 Å². The number of rotatable bonds is 2. The zero-order valence-corrected chi connectivity index (χ0v) is 10.9. The Morgan fingerprint density at radius 2 is 2.24 bits per heavy atom. The molecule has 1 atom stereocenters. The SMILES string of the molecule is CCc1nnc(C2=COCCCC2C)cc1C. The molecule has 1 unspecified atom stereocenters. The third kappa shape index (κ3) is 2.65. The maximum atomic E-state index is 5.50. The van der Waals surface area contributed by atoms with Gasteiger partial charge in [-0.3, -0.25) is 0 Å². The van der Waals surface area contributed by atoms with E-state index in [0.29, 0.717) is 5.92 Å². The van der Waals surface area contributed by atoms with Crippen LogP contribution in [0.2, 0.25) is 0 Å². The molecule has 92 valence electrons. The van der Waals surface area contributed by atoms with E-state index in [1.807, 2.05) is 6.26 Å². The van der Waals surface area contributed by atoms with Crippen molar-refractivity contribution in [1.29, 1.82) is 0 Å². The molecule has 3 heteroatoms. The fraction of sp³-hybridized carbons (Fsp3) is 0.571. The summed E-state index contributed by atoms with van der Waals surface area (Å²) in [6.07, 6.45) is 5.07. The first-order valence-electron chi connectivity index (χ1n) is 6.37. The number of hydrogen-bond acceptors (Lipinski definition) is 3. The second-order valence-electron chi connectivity index (χ2n) is 4.70. The van der Waals surface area contributed by atoms with Gasteiger partial charge < -0.3 is 4.74 Å². The molecule has 0 fully saturated rings. The molecule has 1 aliphatic rings. The number of nitrogens with zero attached hydrogens (tertiary/aromatic N) is 2. The van der Waals surface area contributed by atoms with Crippen molar-refractivity contribution in [2.75, 3.05) is 6.61 Å². The van der Waals surface area contributed by atoms with Crippen LogP contribution >= 0.6 is 0 Å². The van der Waals surface area contributed by atoms with Crippen molar-refractivity contribution in [2.24, 2.45) is 5.92 Å². The lowest BCUT2D eigenvalue weighted by molar-refractivity contribution is 0.249. The average molecular weight is 232 g/mol. The molecule has 0 saturated heterocycles. The molecule has 17 heavy (non-hydrogen) atoms. The highest BCUT2D eigenvalue weighted by Crippen LogP contribution is 2.28. The van der Waals surface area contributed by atoms with E-state index in [1.54, 1.807) is 0 Å². The van der Waals surface area contributed by atoms with Gasteiger partial charge in [-0.2, -0.15) is 10.2 Å². The number of allylic oxidation sites excluding steroid dienone is 1. The predicted molar refractivity (Wildman–Crippen MR) is 68.5 cm³/mol. The maximum absolute atomic E-state index is 5.50. The first-order chi connectivity index (χ1) is 8.22. The summed E-state index contributed by atoms with van der Waals surface area (Å²) in [5.41, 5.74) is 4.45. The van der Waals surface area contributed by atoms with Gasteiger partial charge in [0.2, 0.25) is 0 Å². The topological polar surface area (TPSA) is 35.0 Å². The van der Waals surface area contributed by atoms with Gasteiger partial charge in [0, 0.05) is 5.57 Å². The van der Waals surface area contributed by atoms with Crippen molar-refractivity contribution in [3.8, 4) is 0 Å². The Labute approximate surface area is 103 Å². The molecule has 0 N–H and O–H groups in total. The summed E-state index contributed by atoms with van der Waals surface area (Å²) < 4.78 is 5.50. The second-order valence-corrected chi connectivity index (χ2v) is 4.70. The highest BCUT2D eigenvalue weighted by atomic mass is 16.5. The Kier molecular flexibility index (Phi) is 3.77. The Morgan fingerprint density at radius 1 is 1.41 bits per heavy atom. The van der Waals surface area contributed by atoms with E-state index in [9.17, 15) is 0 Å². The highest BCUT2D eigenvalue weighted by Gasteiger charge is 2.16. The van der Waals surface area contributed by atoms with Gasteiger partial charge in [0.1, 0.15) is 0 Å². The predicted octanol–water partition coefficient (Wildman–Crippen LogP) is 3.13. The van der Waals surface area contributed by atoms with E-state index in [-0.39, 0.29) is 0 Å². The standard InChI is InChI=1S/C14H20N2O/c1-4-13-11(3)8-14(16-15-13)12-9-17-7-5-6-10(12)2/h8-10H,4-7H2,1-3H3. The molecule has 0 aliphatic carbocycles. The van der Waals surface area contributed by atoms with Crippen LogP contribution in [-0.2, 0) is 11.2 Å². The van der Waals surface area contributed by atoms with E-state index >= 15 is 0 Å². The van der Waals surface area contributed by atoms with E-state index in [4.69, 9.17) is 4.74 Å². The summed E-state index contributed by atoms with van der Waals surface area (Å²) >= 11 is 0. The third-order valence-corrected chi connectivity index (χ3v) is 3.36. The zero-order chi connectivity index (χ0) is 12.3. The summed E-state index contributed by atoms with van der Waals surface area (Å²) in [7, 11) is 0. The maximum Gasteiger partial charge on any atom is 0.0925 e. The molecular formula is C14H20N2O. The van der Waals surface area contributed by atoms with Gasteiger partial charge in [0.15, 0.2) is 0 Å². The first kappa shape index (κ1) is 12.1. The number of ether oxygens (including phenoxy) is 1. The van der Waals surface area contributed by atoms with Crippen LogP contribution in [0, 0.1) is 12.8 Å². The summed E-state index contributed by atoms with van der Waals surface area (Å²) in [6, 6.07) is 2.13. The van der Waals surface area contributed by atoms with E-state index in [0.717, 1.165) is 37.3 Å². The summed E-state index contributed by atoms with van der Waals surface area (Å²) in [4.78, 5) is 0. The van der Waals surface area contributed by atoms with Gasteiger partial charge in [0.25, 0.3) is 0 Å². The molecule has 0 bridgehead atoms. The van der Waals surface area contributed by atoms with Gasteiger partial charge in [-0.1, -0.05) is 13.8 Å². The minimum Gasteiger partial charge on any atom is -0.501 e. The Morgan fingerprint density at radius 3 is 2.94 bits per heavy atom. The molecule has 0 aromatic carbocycles. The lowest BCUT2D eigenvalue weighted by Gasteiger charge is -2.12. The van der Waals surface area contributed by atoms with Gasteiger partial charge in [-0.05, 0) is 43.7 Å². The van der Waals surface area contributed by atoms with Gasteiger partial charge in [-0.25, -0.2) is 0 Å². The number of aromatic nitrogens is 2. The number of aryl methyl sites for hydroxylation is 2. The normalized spacial score (nSPS) is 20.4. The first-order valence-corrected chi connectivity index (χ1v) is 6.37. The second kappa shape index (κ2) is 5.30. The lowest BCUT2D eigenvalue weighted by atomic mass is 9.94. The molecule has 0 radical (unpaired) electrons. The summed E-state index contributed by atoms with van der Waals surface area (Å²) in [5, 5.41) is 8.62. The fourth-order valence-electron chi connectivity index (χ4n) is 2.21. The Bertz CT molecular complexity index is 426. The zero-order valence-electron chi connectivity index (χ0n) is 10.9. The quantitative estimate of drug-likeness (QED) is 0.785. The number of hydrogen-bond donors (Lipinski definition) is 0. The van der Waals surface area contributed by atoms with Crippen molar-refractivity contribution in [3.63, 3.8) is 0 Å². The van der Waals surface area contributed by atoms with Crippen molar-refractivity contribution in [2.45, 2.75) is 40.0 Å².